The van der Waals surface area contributed by atoms with Crippen LogP contribution in [-0.2, 0) is 5.60 Å². The van der Waals surface area contributed by atoms with E-state index in [0.29, 0.717) is 10.7 Å². The van der Waals surface area contributed by atoms with E-state index in [-0.39, 0.29) is 0 Å². The van der Waals surface area contributed by atoms with Crippen LogP contribution in [0.2, 0.25) is 5.02 Å². The van der Waals surface area contributed by atoms with Crippen molar-refractivity contribution < 1.29 is 5.11 Å². The van der Waals surface area contributed by atoms with Gasteiger partial charge in [-0.05, 0) is 68.1 Å². The highest BCUT2D eigenvalue weighted by Gasteiger charge is 2.24. The van der Waals surface area contributed by atoms with Crippen molar-refractivity contribution >= 4 is 34.7 Å². The normalized spacial score (nSPS) is 11.8. The number of aliphatic hydroxyl groups is 1. The predicted octanol–water partition coefficient (Wildman–Crippen LogP) is 6.87. The molecule has 2 aromatic heterocycles. The van der Waals surface area contributed by atoms with E-state index >= 15 is 0 Å². The van der Waals surface area contributed by atoms with Crippen LogP contribution in [0.1, 0.15) is 19.5 Å². The summed E-state index contributed by atoms with van der Waals surface area (Å²) in [5, 5.41) is 15.8. The van der Waals surface area contributed by atoms with Crippen molar-refractivity contribution in [2.75, 3.05) is 6.26 Å². The number of thioether (sulfide) groups is 1. The Morgan fingerprint density at radius 3 is 2.48 bits per heavy atom. The second-order valence-corrected chi connectivity index (χ2v) is 9.60. The SMILES string of the molecule is CSc1cccc(-c2ccc(-c3cc(C(C)(C)O)nn3-c3ccccc3Cl)s2)c1. The van der Waals surface area contributed by atoms with Gasteiger partial charge in [0.15, 0.2) is 0 Å². The first-order chi connectivity index (χ1) is 13.9. The first-order valence-electron chi connectivity index (χ1n) is 9.19. The van der Waals surface area contributed by atoms with Gasteiger partial charge in [0.2, 0.25) is 0 Å². The Balaban J connectivity index is 1.84. The van der Waals surface area contributed by atoms with Crippen molar-refractivity contribution in [1.82, 2.24) is 9.78 Å². The molecule has 0 radical (unpaired) electrons. The van der Waals surface area contributed by atoms with Crippen LogP contribution in [0.5, 0.6) is 0 Å². The smallest absolute Gasteiger partial charge is 0.103 e. The van der Waals surface area contributed by atoms with E-state index in [1.165, 1.54) is 15.3 Å². The Bertz CT molecular complexity index is 1160. The first-order valence-corrected chi connectivity index (χ1v) is 11.6. The Morgan fingerprint density at radius 2 is 1.76 bits per heavy atom. The van der Waals surface area contributed by atoms with Crippen molar-refractivity contribution in [3.63, 3.8) is 0 Å². The third-order valence-electron chi connectivity index (χ3n) is 4.63. The van der Waals surface area contributed by atoms with Gasteiger partial charge in [0.25, 0.3) is 0 Å². The third kappa shape index (κ3) is 4.14. The largest absolute Gasteiger partial charge is 0.384 e. The van der Waals surface area contributed by atoms with Gasteiger partial charge >= 0.3 is 0 Å². The summed E-state index contributed by atoms with van der Waals surface area (Å²) >= 11 is 9.89. The van der Waals surface area contributed by atoms with Crippen molar-refractivity contribution in [1.29, 1.82) is 0 Å². The number of thiophene rings is 1. The highest BCUT2D eigenvalue weighted by molar-refractivity contribution is 7.98. The van der Waals surface area contributed by atoms with E-state index in [2.05, 4.69) is 47.8 Å². The molecule has 2 aromatic carbocycles. The summed E-state index contributed by atoms with van der Waals surface area (Å²) in [5.74, 6) is 0. The third-order valence-corrected chi connectivity index (χ3v) is 6.83. The van der Waals surface area contributed by atoms with E-state index in [9.17, 15) is 5.11 Å². The van der Waals surface area contributed by atoms with Gasteiger partial charge in [-0.15, -0.1) is 23.1 Å². The van der Waals surface area contributed by atoms with Crippen LogP contribution in [0.3, 0.4) is 0 Å². The summed E-state index contributed by atoms with van der Waals surface area (Å²) in [4.78, 5) is 3.49. The Kier molecular flexibility index (Phi) is 5.58. The van der Waals surface area contributed by atoms with Crippen molar-refractivity contribution in [2.45, 2.75) is 24.3 Å². The van der Waals surface area contributed by atoms with Crippen molar-refractivity contribution in [2.24, 2.45) is 0 Å². The molecule has 0 amide bonds. The van der Waals surface area contributed by atoms with Gasteiger partial charge in [-0.3, -0.25) is 0 Å². The minimum Gasteiger partial charge on any atom is -0.384 e. The zero-order valence-corrected chi connectivity index (χ0v) is 18.8. The molecular weight excluding hydrogens is 420 g/mol. The van der Waals surface area contributed by atoms with Gasteiger partial charge in [0.1, 0.15) is 5.60 Å². The topological polar surface area (TPSA) is 38.1 Å². The summed E-state index contributed by atoms with van der Waals surface area (Å²) in [6.07, 6.45) is 2.08. The lowest BCUT2D eigenvalue weighted by Crippen LogP contribution is -2.16. The van der Waals surface area contributed by atoms with Gasteiger partial charge in [0, 0.05) is 9.77 Å². The average Bonchev–Trinajstić information content (AvgIpc) is 3.35. The molecule has 0 unspecified atom stereocenters. The fraction of sp³-hybridized carbons (Fsp3) is 0.174. The Hall–Kier alpha value is -2.05. The zero-order valence-electron chi connectivity index (χ0n) is 16.4. The van der Waals surface area contributed by atoms with Gasteiger partial charge in [-0.2, -0.15) is 5.10 Å². The maximum atomic E-state index is 10.5. The molecule has 29 heavy (non-hydrogen) atoms. The number of nitrogens with zero attached hydrogens (tertiary/aromatic N) is 2. The maximum absolute atomic E-state index is 10.5. The van der Waals surface area contributed by atoms with Crippen LogP contribution in [0.4, 0.5) is 0 Å². The summed E-state index contributed by atoms with van der Waals surface area (Å²) in [5.41, 5.74) is 2.45. The number of para-hydroxylation sites is 1. The van der Waals surface area contributed by atoms with Crippen molar-refractivity contribution in [3.05, 3.63) is 77.4 Å². The first kappa shape index (κ1) is 20.2. The summed E-state index contributed by atoms with van der Waals surface area (Å²) in [6, 6.07) is 22.3. The summed E-state index contributed by atoms with van der Waals surface area (Å²) in [7, 11) is 0. The highest BCUT2D eigenvalue weighted by atomic mass is 35.5. The minimum absolute atomic E-state index is 0.603. The number of halogens is 1. The molecule has 0 saturated carbocycles. The summed E-state index contributed by atoms with van der Waals surface area (Å²) < 4.78 is 1.82. The number of hydrogen-bond donors (Lipinski definition) is 1. The van der Waals surface area contributed by atoms with E-state index in [0.717, 1.165) is 16.3 Å². The summed E-state index contributed by atoms with van der Waals surface area (Å²) in [6.45, 7) is 3.48. The fourth-order valence-corrected chi connectivity index (χ4v) is 4.75. The molecule has 6 heteroatoms. The molecule has 4 rings (SSSR count). The van der Waals surface area contributed by atoms with Gasteiger partial charge < -0.3 is 5.11 Å². The predicted molar refractivity (Wildman–Crippen MR) is 124 cm³/mol. The second kappa shape index (κ2) is 8.00. The molecular formula is C23H21ClN2OS2. The molecule has 0 fully saturated rings. The van der Waals surface area contributed by atoms with Crippen LogP contribution in [0.15, 0.2) is 71.6 Å². The van der Waals surface area contributed by atoms with Gasteiger partial charge in [-0.25, -0.2) is 4.68 Å². The van der Waals surface area contributed by atoms with Gasteiger partial charge in [0.05, 0.1) is 27.0 Å². The maximum Gasteiger partial charge on any atom is 0.103 e. The lowest BCUT2D eigenvalue weighted by atomic mass is 10.1. The molecule has 3 nitrogen and oxygen atoms in total. The van der Waals surface area contributed by atoms with Crippen LogP contribution < -0.4 is 0 Å². The molecule has 4 aromatic rings. The molecule has 0 aliphatic heterocycles. The molecule has 0 aliphatic carbocycles. The molecule has 0 spiro atoms. The van der Waals surface area contributed by atoms with Crippen LogP contribution in [-0.4, -0.2) is 21.1 Å². The number of aromatic nitrogens is 2. The fourth-order valence-electron chi connectivity index (χ4n) is 3.07. The molecule has 148 valence electrons. The minimum atomic E-state index is -1.05. The van der Waals surface area contributed by atoms with Crippen LogP contribution >= 0.6 is 34.7 Å². The molecule has 0 bridgehead atoms. The monoisotopic (exact) mass is 440 g/mol. The molecule has 0 saturated heterocycles. The number of benzene rings is 2. The standard InChI is InChI=1S/C23H21ClN2OS2/c1-23(2,27)22-14-19(26(25-22)18-10-5-4-9-17(18)24)21-12-11-20(29-21)15-7-6-8-16(13-15)28-3/h4-14,27H,1-3H3. The quantitative estimate of drug-likeness (QED) is 0.344. The van der Waals surface area contributed by atoms with E-state index in [1.54, 1.807) is 36.9 Å². The van der Waals surface area contributed by atoms with E-state index in [1.807, 2.05) is 35.0 Å². The zero-order chi connectivity index (χ0) is 20.6. The molecule has 2 heterocycles. The Morgan fingerprint density at radius 1 is 1.00 bits per heavy atom. The average molecular weight is 441 g/mol. The molecule has 0 atom stereocenters. The number of rotatable bonds is 5. The van der Waals surface area contributed by atoms with Crippen molar-refractivity contribution in [3.8, 4) is 26.7 Å². The van der Waals surface area contributed by atoms with Crippen LogP contribution in [0.25, 0.3) is 26.7 Å². The van der Waals surface area contributed by atoms with Gasteiger partial charge in [-0.1, -0.05) is 35.9 Å². The molecule has 1 N–H and O–H groups in total. The lowest BCUT2D eigenvalue weighted by Gasteiger charge is -2.13. The second-order valence-electron chi connectivity index (χ2n) is 7.23. The van der Waals surface area contributed by atoms with Crippen LogP contribution in [0, 0.1) is 0 Å². The lowest BCUT2D eigenvalue weighted by molar-refractivity contribution is 0.0734. The molecule has 0 aliphatic rings. The van der Waals surface area contributed by atoms with E-state index < -0.39 is 5.60 Å². The Labute approximate surface area is 184 Å². The number of hydrogen-bond acceptors (Lipinski definition) is 4. The van der Waals surface area contributed by atoms with E-state index in [4.69, 9.17) is 11.6 Å². The highest BCUT2D eigenvalue weighted by Crippen LogP contribution is 2.38.